The molecule has 0 radical (unpaired) electrons. The zero-order chi connectivity index (χ0) is 28.4. The monoisotopic (exact) mass is 535 g/mol. The average molecular weight is 536 g/mol. The molecule has 1 saturated heterocycles. The molecule has 0 aromatic heterocycles. The molecule has 4 rings (SSSR count). The van der Waals surface area contributed by atoms with E-state index in [9.17, 15) is 4.79 Å². The maximum Gasteiger partial charge on any atom is 0.164 e. The van der Waals surface area contributed by atoms with E-state index in [2.05, 4.69) is 56.5 Å². The maximum absolute atomic E-state index is 9.81. The van der Waals surface area contributed by atoms with Crippen molar-refractivity contribution in [3.63, 3.8) is 0 Å². The molecule has 1 fully saturated rings. The minimum Gasteiger partial charge on any atom is -0.496 e. The van der Waals surface area contributed by atoms with Gasteiger partial charge in [-0.05, 0) is 107 Å². The Morgan fingerprint density at radius 1 is 1.15 bits per heavy atom. The van der Waals surface area contributed by atoms with Crippen molar-refractivity contribution < 1.29 is 19.0 Å². The number of hydrogen-bond donors (Lipinski definition) is 0. The van der Waals surface area contributed by atoms with E-state index < -0.39 is 0 Å². The maximum atomic E-state index is 9.81. The third-order valence-electron chi connectivity index (χ3n) is 7.96. The first-order valence-corrected chi connectivity index (χ1v) is 14.7. The summed E-state index contributed by atoms with van der Waals surface area (Å²) in [4.78, 5) is 12.4. The van der Waals surface area contributed by atoms with Crippen molar-refractivity contribution in [2.75, 3.05) is 33.4 Å². The van der Waals surface area contributed by atoms with Gasteiger partial charge >= 0.3 is 0 Å². The molecule has 0 aliphatic carbocycles. The molecule has 2 aromatic carbocycles. The Morgan fingerprint density at radius 3 is 2.59 bits per heavy atom. The number of methoxy groups -OCH3 is 1. The van der Waals surface area contributed by atoms with Crippen LogP contribution >= 0.6 is 0 Å². The van der Waals surface area contributed by atoms with Gasteiger partial charge in [-0.2, -0.15) is 0 Å². The highest BCUT2D eigenvalue weighted by Crippen LogP contribution is 2.40. The van der Waals surface area contributed by atoms with Crippen LogP contribution in [0.25, 0.3) is 11.1 Å². The van der Waals surface area contributed by atoms with E-state index in [1.165, 1.54) is 42.5 Å². The van der Waals surface area contributed by atoms with Crippen molar-refractivity contribution in [2.45, 2.75) is 85.6 Å². The van der Waals surface area contributed by atoms with E-state index >= 15 is 0 Å². The van der Waals surface area contributed by atoms with Crippen LogP contribution in [0.15, 0.2) is 42.5 Å². The number of carbonyl (C=O) groups is 1. The van der Waals surface area contributed by atoms with Crippen molar-refractivity contribution in [1.29, 1.82) is 0 Å². The SMILES string of the molecule is C=C1CCCOc2c(cc(-c3ccc(OC)c(C)c3)cc2OCC2CCCN(C(C)CC)C2)C1.CCC(C)=O. The molecule has 0 spiro atoms. The van der Waals surface area contributed by atoms with Crippen LogP contribution in [-0.2, 0) is 11.2 Å². The van der Waals surface area contributed by atoms with E-state index in [1.807, 2.05) is 13.0 Å². The number of allylic oxidation sites excluding steroid dienone is 1. The molecule has 5 nitrogen and oxygen atoms in total. The third kappa shape index (κ3) is 8.86. The van der Waals surface area contributed by atoms with Crippen LogP contribution in [0.3, 0.4) is 0 Å². The van der Waals surface area contributed by atoms with Crippen molar-refractivity contribution in [3.05, 3.63) is 53.6 Å². The number of benzene rings is 2. The van der Waals surface area contributed by atoms with Gasteiger partial charge in [0.05, 0.1) is 20.3 Å². The van der Waals surface area contributed by atoms with Gasteiger partial charge in [0, 0.05) is 30.5 Å². The molecule has 0 N–H and O–H groups in total. The molecular formula is C34H49NO4. The van der Waals surface area contributed by atoms with Crippen LogP contribution in [0.4, 0.5) is 0 Å². The highest BCUT2D eigenvalue weighted by Gasteiger charge is 2.25. The summed E-state index contributed by atoms with van der Waals surface area (Å²) in [5.41, 5.74) is 5.88. The molecule has 2 aliphatic rings. The largest absolute Gasteiger partial charge is 0.496 e. The third-order valence-corrected chi connectivity index (χ3v) is 7.96. The van der Waals surface area contributed by atoms with Crippen molar-refractivity contribution in [1.82, 2.24) is 4.90 Å². The van der Waals surface area contributed by atoms with Gasteiger partial charge in [0.2, 0.25) is 0 Å². The van der Waals surface area contributed by atoms with Crippen molar-refractivity contribution >= 4 is 5.78 Å². The summed E-state index contributed by atoms with van der Waals surface area (Å²) in [6.45, 7) is 18.2. The number of nitrogens with zero attached hydrogens (tertiary/aromatic N) is 1. The summed E-state index contributed by atoms with van der Waals surface area (Å²) in [6.07, 6.45) is 7.18. The van der Waals surface area contributed by atoms with Crippen LogP contribution < -0.4 is 14.2 Å². The summed E-state index contributed by atoms with van der Waals surface area (Å²) in [5, 5.41) is 0. The Bertz CT molecular complexity index is 1110. The molecule has 214 valence electrons. The highest BCUT2D eigenvalue weighted by atomic mass is 16.5. The first kappa shape index (κ1) is 30.7. The fraction of sp³-hybridized carbons (Fsp3) is 0.559. The number of ether oxygens (including phenoxy) is 3. The number of hydrogen-bond acceptors (Lipinski definition) is 5. The number of fused-ring (bicyclic) bond motifs is 1. The lowest BCUT2D eigenvalue weighted by atomic mass is 9.94. The lowest BCUT2D eigenvalue weighted by Crippen LogP contribution is -2.42. The minimum atomic E-state index is 0.255. The summed E-state index contributed by atoms with van der Waals surface area (Å²) in [6, 6.07) is 11.4. The lowest BCUT2D eigenvalue weighted by Gasteiger charge is -2.36. The predicted molar refractivity (Wildman–Crippen MR) is 161 cm³/mol. The average Bonchev–Trinajstić information content (AvgIpc) is 2.93. The molecule has 2 unspecified atom stereocenters. The van der Waals surface area contributed by atoms with E-state index in [0.717, 1.165) is 60.8 Å². The second-order valence-corrected chi connectivity index (χ2v) is 11.2. The van der Waals surface area contributed by atoms with Crippen LogP contribution in [0.2, 0.25) is 0 Å². The van der Waals surface area contributed by atoms with Gasteiger partial charge in [-0.3, -0.25) is 0 Å². The molecule has 0 bridgehead atoms. The second kappa shape index (κ2) is 15.1. The van der Waals surface area contributed by atoms with E-state index in [-0.39, 0.29) is 5.78 Å². The van der Waals surface area contributed by atoms with Crippen molar-refractivity contribution in [2.24, 2.45) is 5.92 Å². The minimum absolute atomic E-state index is 0.255. The van der Waals surface area contributed by atoms with Gasteiger partial charge < -0.3 is 23.9 Å². The van der Waals surface area contributed by atoms with Crippen LogP contribution in [-0.4, -0.2) is 50.1 Å². The Balaban J connectivity index is 0.000000771. The predicted octanol–water partition coefficient (Wildman–Crippen LogP) is 7.82. The highest BCUT2D eigenvalue weighted by molar-refractivity contribution is 5.75. The zero-order valence-electron chi connectivity index (χ0n) is 25.1. The molecule has 0 saturated carbocycles. The molecule has 5 heteroatoms. The molecule has 2 heterocycles. The number of carbonyl (C=O) groups excluding carboxylic acids is 1. The van der Waals surface area contributed by atoms with E-state index in [1.54, 1.807) is 14.0 Å². The Hall–Kier alpha value is -2.79. The number of likely N-dealkylation sites (tertiary alicyclic amines) is 1. The van der Waals surface area contributed by atoms with Gasteiger partial charge in [-0.15, -0.1) is 0 Å². The standard InChI is InChI=1S/C30H41NO3.C4H8O/c1-6-23(4)31-13-7-10-24(19-31)20-34-29-18-26(25-11-12-28(32-5)22(3)16-25)17-27-15-21(2)9-8-14-33-30(27)29;1-3-4(2)5/h11-12,16-18,23-24H,2,6-10,13-15,19-20H2,1,3-5H3;3H2,1-2H3. The normalized spacial score (nSPS) is 18.4. The van der Waals surface area contributed by atoms with E-state index in [0.29, 0.717) is 25.0 Å². The Morgan fingerprint density at radius 2 is 1.92 bits per heavy atom. The molecule has 2 atom stereocenters. The molecule has 2 aromatic rings. The Labute approximate surface area is 236 Å². The van der Waals surface area contributed by atoms with Crippen LogP contribution in [0.5, 0.6) is 17.2 Å². The molecular weight excluding hydrogens is 486 g/mol. The molecule has 2 aliphatic heterocycles. The summed E-state index contributed by atoms with van der Waals surface area (Å²) in [5.74, 6) is 3.49. The van der Waals surface area contributed by atoms with Crippen LogP contribution in [0, 0.1) is 12.8 Å². The summed E-state index contributed by atoms with van der Waals surface area (Å²) < 4.78 is 18.3. The summed E-state index contributed by atoms with van der Waals surface area (Å²) in [7, 11) is 1.72. The molecule has 0 amide bonds. The second-order valence-electron chi connectivity index (χ2n) is 11.2. The van der Waals surface area contributed by atoms with Gasteiger partial charge in [0.1, 0.15) is 11.5 Å². The van der Waals surface area contributed by atoms with Crippen molar-refractivity contribution in [3.8, 4) is 28.4 Å². The first-order valence-electron chi connectivity index (χ1n) is 14.7. The molecule has 39 heavy (non-hydrogen) atoms. The number of Topliss-reactive ketones (excluding diaryl/α,β-unsaturated/α-hetero) is 1. The van der Waals surface area contributed by atoms with Gasteiger partial charge in [0.25, 0.3) is 0 Å². The zero-order valence-corrected chi connectivity index (χ0v) is 25.1. The summed E-state index contributed by atoms with van der Waals surface area (Å²) >= 11 is 0. The first-order chi connectivity index (χ1) is 18.7. The Kier molecular flexibility index (Phi) is 11.9. The number of ketones is 1. The van der Waals surface area contributed by atoms with Gasteiger partial charge in [-0.1, -0.05) is 32.1 Å². The topological polar surface area (TPSA) is 48.0 Å². The lowest BCUT2D eigenvalue weighted by molar-refractivity contribution is -0.116. The van der Waals surface area contributed by atoms with E-state index in [4.69, 9.17) is 14.2 Å². The fourth-order valence-electron chi connectivity index (χ4n) is 5.24. The fourth-order valence-corrected chi connectivity index (χ4v) is 5.24. The van der Waals surface area contributed by atoms with Gasteiger partial charge in [-0.25, -0.2) is 0 Å². The quantitative estimate of drug-likeness (QED) is 0.323. The number of aryl methyl sites for hydroxylation is 1. The van der Waals surface area contributed by atoms with Crippen LogP contribution in [0.1, 0.15) is 77.3 Å². The van der Waals surface area contributed by atoms with Gasteiger partial charge in [0.15, 0.2) is 11.5 Å². The number of rotatable bonds is 8. The smallest absolute Gasteiger partial charge is 0.164 e. The number of piperidine rings is 1.